The number of rotatable bonds is 3. The standard InChI is InChI=1S/C28H38N2O4/c1-20-16-21(2)27-24(17-20)18-25(14-9-7-5-6-8-10-15-33-28(27)32)29-34-19-26(31)30-22(3)12-11-13-23(30)4/h6,8-9,14,16-17,22-23H,5,7,10-13,15,18-19H2,1-4H3/b8-6+,14-9?,29-25+. The Balaban J connectivity index is 1.82. The minimum Gasteiger partial charge on any atom is -0.462 e. The molecule has 0 N–H and O–H groups in total. The van der Waals surface area contributed by atoms with Gasteiger partial charge in [0.15, 0.2) is 6.61 Å². The molecule has 0 aromatic heterocycles. The Bertz CT molecular complexity index is 953. The third-order valence-corrected chi connectivity index (χ3v) is 6.48. The molecule has 1 aromatic rings. The van der Waals surface area contributed by atoms with Gasteiger partial charge >= 0.3 is 5.97 Å². The number of likely N-dealkylation sites (tertiary alicyclic amines) is 1. The first-order valence-corrected chi connectivity index (χ1v) is 12.5. The SMILES string of the molecule is Cc1cc(C)c2c(c1)C/C(=N/OCC(=O)N1C(C)CCCC1C)C=CCC/C=C/CCOC2=O. The lowest BCUT2D eigenvalue weighted by molar-refractivity contribution is -0.142. The van der Waals surface area contributed by atoms with E-state index in [0.717, 1.165) is 48.8 Å². The molecule has 0 bridgehead atoms. The second-order valence-corrected chi connectivity index (χ2v) is 9.45. The summed E-state index contributed by atoms with van der Waals surface area (Å²) in [5.41, 5.74) is 4.06. The molecular weight excluding hydrogens is 428 g/mol. The molecule has 2 aliphatic heterocycles. The zero-order chi connectivity index (χ0) is 24.5. The van der Waals surface area contributed by atoms with E-state index in [9.17, 15) is 9.59 Å². The lowest BCUT2D eigenvalue weighted by Gasteiger charge is -2.38. The van der Waals surface area contributed by atoms with Crippen molar-refractivity contribution < 1.29 is 19.2 Å². The van der Waals surface area contributed by atoms with Crippen LogP contribution in [-0.2, 0) is 20.8 Å². The molecule has 1 amide bonds. The van der Waals surface area contributed by atoms with E-state index in [2.05, 4.69) is 31.2 Å². The minimum absolute atomic E-state index is 0.0327. The largest absolute Gasteiger partial charge is 0.462 e. The van der Waals surface area contributed by atoms with Crippen molar-refractivity contribution in [2.45, 2.75) is 84.7 Å². The number of allylic oxidation sites excluding steroid dienone is 3. The van der Waals surface area contributed by atoms with Crippen molar-refractivity contribution in [3.8, 4) is 0 Å². The first kappa shape index (κ1) is 25.7. The molecule has 2 aliphatic rings. The molecule has 0 spiro atoms. The van der Waals surface area contributed by atoms with Crippen molar-refractivity contribution in [2.24, 2.45) is 5.16 Å². The maximum Gasteiger partial charge on any atom is 0.338 e. The van der Waals surface area contributed by atoms with E-state index in [0.29, 0.717) is 30.7 Å². The number of carbonyl (C=O) groups is 2. The number of piperidine rings is 1. The Labute approximate surface area is 203 Å². The predicted octanol–water partition coefficient (Wildman–Crippen LogP) is 5.46. The summed E-state index contributed by atoms with van der Waals surface area (Å²) in [6.07, 6.45) is 14.2. The quantitative estimate of drug-likeness (QED) is 0.337. The molecule has 34 heavy (non-hydrogen) atoms. The van der Waals surface area contributed by atoms with Gasteiger partial charge in [-0.3, -0.25) is 4.79 Å². The topological polar surface area (TPSA) is 68.2 Å². The minimum atomic E-state index is -0.314. The second kappa shape index (κ2) is 12.5. The molecule has 184 valence electrons. The van der Waals surface area contributed by atoms with E-state index >= 15 is 0 Å². The molecule has 0 radical (unpaired) electrons. The highest BCUT2D eigenvalue weighted by Crippen LogP contribution is 2.23. The van der Waals surface area contributed by atoms with Crippen molar-refractivity contribution in [1.29, 1.82) is 0 Å². The van der Waals surface area contributed by atoms with Gasteiger partial charge < -0.3 is 14.5 Å². The highest BCUT2D eigenvalue weighted by Gasteiger charge is 2.29. The Morgan fingerprint density at radius 1 is 1.09 bits per heavy atom. The van der Waals surface area contributed by atoms with Crippen LogP contribution >= 0.6 is 0 Å². The summed E-state index contributed by atoms with van der Waals surface area (Å²) < 4.78 is 5.54. The number of hydrogen-bond donors (Lipinski definition) is 0. The fourth-order valence-electron chi connectivity index (χ4n) is 4.90. The van der Waals surface area contributed by atoms with Crippen LogP contribution in [0.25, 0.3) is 0 Å². The number of nitrogens with zero attached hydrogens (tertiary/aromatic N) is 2. The highest BCUT2D eigenvalue weighted by atomic mass is 16.6. The number of aryl methyl sites for hydroxylation is 2. The van der Waals surface area contributed by atoms with Crippen molar-refractivity contribution in [2.75, 3.05) is 13.2 Å². The first-order chi connectivity index (χ1) is 16.4. The molecule has 2 unspecified atom stereocenters. The predicted molar refractivity (Wildman–Crippen MR) is 135 cm³/mol. The van der Waals surface area contributed by atoms with E-state index in [1.165, 1.54) is 0 Å². The van der Waals surface area contributed by atoms with Gasteiger partial charge in [-0.05, 0) is 83.4 Å². The van der Waals surface area contributed by atoms with Crippen LogP contribution in [0.1, 0.15) is 79.4 Å². The van der Waals surface area contributed by atoms with E-state index in [-0.39, 0.29) is 30.6 Å². The van der Waals surface area contributed by atoms with Crippen molar-refractivity contribution >= 4 is 17.6 Å². The number of hydrogen-bond acceptors (Lipinski definition) is 5. The van der Waals surface area contributed by atoms with Crippen LogP contribution in [0.15, 0.2) is 41.6 Å². The molecule has 2 atom stereocenters. The van der Waals surface area contributed by atoms with Gasteiger partial charge in [0.1, 0.15) is 0 Å². The monoisotopic (exact) mass is 466 g/mol. The van der Waals surface area contributed by atoms with Gasteiger partial charge in [-0.2, -0.15) is 0 Å². The van der Waals surface area contributed by atoms with Crippen LogP contribution in [0.3, 0.4) is 0 Å². The lowest BCUT2D eigenvalue weighted by Crippen LogP contribution is -2.48. The molecule has 3 rings (SSSR count). The first-order valence-electron chi connectivity index (χ1n) is 12.5. The van der Waals surface area contributed by atoms with Crippen LogP contribution < -0.4 is 0 Å². The fourth-order valence-corrected chi connectivity index (χ4v) is 4.90. The Kier molecular flexibility index (Phi) is 9.49. The molecule has 2 heterocycles. The highest BCUT2D eigenvalue weighted by molar-refractivity contribution is 6.00. The maximum absolute atomic E-state index is 12.9. The zero-order valence-corrected chi connectivity index (χ0v) is 21.0. The van der Waals surface area contributed by atoms with E-state index in [1.54, 1.807) is 0 Å². The van der Waals surface area contributed by atoms with Crippen LogP contribution in [0.4, 0.5) is 0 Å². The van der Waals surface area contributed by atoms with Gasteiger partial charge in [0, 0.05) is 18.5 Å². The summed E-state index contributed by atoms with van der Waals surface area (Å²) in [5, 5.41) is 4.33. The molecule has 6 nitrogen and oxygen atoms in total. The number of carbonyl (C=O) groups excluding carboxylic acids is 2. The molecular formula is C28H38N2O4. The van der Waals surface area contributed by atoms with Gasteiger partial charge in [-0.15, -0.1) is 0 Å². The smallest absolute Gasteiger partial charge is 0.338 e. The number of fused-ring (bicyclic) bond motifs is 1. The van der Waals surface area contributed by atoms with Gasteiger partial charge in [0.05, 0.1) is 17.9 Å². The van der Waals surface area contributed by atoms with Crippen LogP contribution in [0, 0.1) is 13.8 Å². The number of cyclic esters (lactones) is 1. The summed E-state index contributed by atoms with van der Waals surface area (Å²) in [7, 11) is 0. The van der Waals surface area contributed by atoms with Crippen LogP contribution in [0.5, 0.6) is 0 Å². The molecule has 0 saturated carbocycles. The summed E-state index contributed by atoms with van der Waals surface area (Å²) in [6, 6.07) is 4.43. The Morgan fingerprint density at radius 2 is 1.79 bits per heavy atom. The number of benzene rings is 1. The average molecular weight is 467 g/mol. The van der Waals surface area contributed by atoms with Gasteiger partial charge in [-0.1, -0.05) is 41.1 Å². The number of amides is 1. The van der Waals surface area contributed by atoms with Crippen LogP contribution in [-0.4, -0.2) is 47.8 Å². The Hall–Kier alpha value is -2.89. The fraction of sp³-hybridized carbons (Fsp3) is 0.536. The van der Waals surface area contributed by atoms with E-state index < -0.39 is 0 Å². The van der Waals surface area contributed by atoms with Crippen molar-refractivity contribution in [3.63, 3.8) is 0 Å². The van der Waals surface area contributed by atoms with Crippen LogP contribution in [0.2, 0.25) is 0 Å². The molecule has 1 fully saturated rings. The zero-order valence-electron chi connectivity index (χ0n) is 21.0. The third kappa shape index (κ3) is 7.05. The normalized spacial score (nSPS) is 24.2. The van der Waals surface area contributed by atoms with E-state index in [1.807, 2.05) is 43.0 Å². The molecule has 0 aliphatic carbocycles. The van der Waals surface area contributed by atoms with Crippen molar-refractivity contribution in [3.05, 3.63) is 58.7 Å². The molecule has 6 heteroatoms. The lowest BCUT2D eigenvalue weighted by atomic mass is 9.95. The maximum atomic E-state index is 12.9. The Morgan fingerprint density at radius 3 is 2.56 bits per heavy atom. The van der Waals surface area contributed by atoms with Gasteiger partial charge in [-0.25, -0.2) is 4.79 Å². The summed E-state index contributed by atoms with van der Waals surface area (Å²) >= 11 is 0. The molecule has 1 saturated heterocycles. The van der Waals surface area contributed by atoms with Crippen molar-refractivity contribution in [1.82, 2.24) is 4.90 Å². The summed E-state index contributed by atoms with van der Waals surface area (Å²) in [4.78, 5) is 33.2. The van der Waals surface area contributed by atoms with E-state index in [4.69, 9.17) is 9.57 Å². The third-order valence-electron chi connectivity index (χ3n) is 6.48. The average Bonchev–Trinajstić information content (AvgIpc) is 2.76. The van der Waals surface area contributed by atoms with Gasteiger partial charge in [0.25, 0.3) is 5.91 Å². The second-order valence-electron chi connectivity index (χ2n) is 9.45. The number of esters is 1. The summed E-state index contributed by atoms with van der Waals surface area (Å²) in [5.74, 6) is -0.347. The number of ether oxygens (including phenoxy) is 1. The number of oxime groups is 1. The van der Waals surface area contributed by atoms with Gasteiger partial charge in [0.2, 0.25) is 0 Å². The summed E-state index contributed by atoms with van der Waals surface area (Å²) in [6.45, 7) is 8.40. The molecule has 1 aromatic carbocycles.